The average molecular weight is 332 g/mol. The molecule has 2 heterocycles. The predicted octanol–water partition coefficient (Wildman–Crippen LogP) is 4.50. The van der Waals surface area contributed by atoms with Gasteiger partial charge in [-0.3, -0.25) is 0 Å². The molecule has 0 unspecified atom stereocenters. The molecule has 0 bridgehead atoms. The fourth-order valence-corrected chi connectivity index (χ4v) is 3.75. The van der Waals surface area contributed by atoms with Crippen LogP contribution in [0.25, 0.3) is 28.1 Å². The first-order valence-corrected chi connectivity index (χ1v) is 8.94. The summed E-state index contributed by atoms with van der Waals surface area (Å²) >= 11 is 0. The van der Waals surface area contributed by atoms with E-state index in [1.54, 1.807) is 7.11 Å². The van der Waals surface area contributed by atoms with Gasteiger partial charge in [0.2, 0.25) is 0 Å². The van der Waals surface area contributed by atoms with E-state index in [9.17, 15) is 0 Å². The van der Waals surface area contributed by atoms with Gasteiger partial charge < -0.3 is 14.6 Å². The third-order valence-corrected chi connectivity index (χ3v) is 4.97. The van der Waals surface area contributed by atoms with E-state index in [4.69, 9.17) is 4.74 Å². The van der Waals surface area contributed by atoms with Crippen LogP contribution in [0.2, 0.25) is 0 Å². The van der Waals surface area contributed by atoms with E-state index in [1.165, 1.54) is 33.3 Å². The first-order chi connectivity index (χ1) is 12.3. The van der Waals surface area contributed by atoms with Gasteiger partial charge in [0, 0.05) is 42.7 Å². The fraction of sp³-hybridized carbons (Fsp3) is 0.273. The second-order valence-corrected chi connectivity index (χ2v) is 6.51. The number of allylic oxidation sites excluding steroid dienone is 1. The largest absolute Gasteiger partial charge is 0.497 e. The number of rotatable bonds is 3. The summed E-state index contributed by atoms with van der Waals surface area (Å²) in [6, 6.07) is 15.5. The molecule has 0 saturated heterocycles. The highest BCUT2D eigenvalue weighted by Gasteiger charge is 2.13. The number of methoxy groups -OCH3 is 1. The molecular weight excluding hydrogens is 308 g/mol. The number of benzene rings is 2. The first kappa shape index (κ1) is 16.0. The Morgan fingerprint density at radius 3 is 2.84 bits per heavy atom. The summed E-state index contributed by atoms with van der Waals surface area (Å²) in [6.45, 7) is 5.20. The number of nitrogens with zero attached hydrogens (tertiary/aromatic N) is 1. The van der Waals surface area contributed by atoms with Gasteiger partial charge in [0.25, 0.3) is 0 Å². The van der Waals surface area contributed by atoms with Crippen molar-refractivity contribution < 1.29 is 4.74 Å². The van der Waals surface area contributed by atoms with Gasteiger partial charge in [-0.15, -0.1) is 0 Å². The van der Waals surface area contributed by atoms with Crippen LogP contribution < -0.4 is 10.1 Å². The Labute approximate surface area is 148 Å². The molecular formula is C22H24N2O. The molecule has 1 aromatic heterocycles. The highest BCUT2D eigenvalue weighted by molar-refractivity contribution is 5.88. The Bertz CT molecular complexity index is 937. The Kier molecular flexibility index (Phi) is 4.33. The molecule has 0 amide bonds. The molecule has 1 aliphatic heterocycles. The molecule has 0 saturated carbocycles. The van der Waals surface area contributed by atoms with Crippen molar-refractivity contribution in [2.24, 2.45) is 0 Å². The molecule has 1 aliphatic rings. The minimum absolute atomic E-state index is 0.890. The number of aromatic nitrogens is 1. The van der Waals surface area contributed by atoms with Crippen LogP contribution in [0.3, 0.4) is 0 Å². The molecule has 128 valence electrons. The van der Waals surface area contributed by atoms with Gasteiger partial charge in [0.1, 0.15) is 5.75 Å². The quantitative estimate of drug-likeness (QED) is 0.764. The molecule has 25 heavy (non-hydrogen) atoms. The molecule has 3 nitrogen and oxygen atoms in total. The highest BCUT2D eigenvalue weighted by atomic mass is 16.5. The standard InChI is InChI=1S/C22H24N2O/c1-3-4-16-15-20(25-2)6-7-21(16)17-5-8-22-18(13-17)14-19-9-10-23-11-12-24(19)22/h3-8,13-15,23H,9-12H2,1-2H3. The topological polar surface area (TPSA) is 26.2 Å². The van der Waals surface area contributed by atoms with Crippen LogP contribution in [0.15, 0.2) is 48.5 Å². The zero-order valence-electron chi connectivity index (χ0n) is 14.9. The molecule has 1 N–H and O–H groups in total. The van der Waals surface area contributed by atoms with Crippen molar-refractivity contribution in [3.63, 3.8) is 0 Å². The zero-order chi connectivity index (χ0) is 17.2. The normalized spacial score (nSPS) is 14.6. The van der Waals surface area contributed by atoms with Gasteiger partial charge in [-0.05, 0) is 53.9 Å². The summed E-state index contributed by atoms with van der Waals surface area (Å²) in [6.07, 6.45) is 5.31. The average Bonchev–Trinajstić information content (AvgIpc) is 2.82. The van der Waals surface area contributed by atoms with Crippen molar-refractivity contribution in [3.05, 3.63) is 59.8 Å². The van der Waals surface area contributed by atoms with E-state index in [0.717, 1.165) is 31.8 Å². The van der Waals surface area contributed by atoms with Crippen LogP contribution in [0.1, 0.15) is 18.2 Å². The molecule has 0 aliphatic carbocycles. The van der Waals surface area contributed by atoms with E-state index in [-0.39, 0.29) is 0 Å². The Hall–Kier alpha value is -2.52. The molecule has 0 spiro atoms. The van der Waals surface area contributed by atoms with Crippen LogP contribution in [-0.2, 0) is 13.0 Å². The number of nitrogens with one attached hydrogen (secondary N) is 1. The van der Waals surface area contributed by atoms with Gasteiger partial charge in [-0.2, -0.15) is 0 Å². The number of fused-ring (bicyclic) bond motifs is 3. The smallest absolute Gasteiger partial charge is 0.119 e. The maximum atomic E-state index is 5.39. The third-order valence-electron chi connectivity index (χ3n) is 4.97. The monoisotopic (exact) mass is 332 g/mol. The number of hydrogen-bond acceptors (Lipinski definition) is 2. The van der Waals surface area contributed by atoms with E-state index in [2.05, 4.69) is 58.4 Å². The molecule has 3 heteroatoms. The van der Waals surface area contributed by atoms with Crippen molar-refractivity contribution >= 4 is 17.0 Å². The second kappa shape index (κ2) is 6.77. The van der Waals surface area contributed by atoms with Gasteiger partial charge >= 0.3 is 0 Å². The van der Waals surface area contributed by atoms with Gasteiger partial charge in [0.05, 0.1) is 7.11 Å². The molecule has 4 rings (SSSR count). The molecule has 0 fully saturated rings. The Balaban J connectivity index is 1.82. The maximum Gasteiger partial charge on any atom is 0.119 e. The van der Waals surface area contributed by atoms with Crippen LogP contribution in [0, 0.1) is 0 Å². The minimum atomic E-state index is 0.890. The van der Waals surface area contributed by atoms with E-state index in [0.29, 0.717) is 0 Å². The van der Waals surface area contributed by atoms with Crippen LogP contribution in [0.4, 0.5) is 0 Å². The maximum absolute atomic E-state index is 5.39. The lowest BCUT2D eigenvalue weighted by Crippen LogP contribution is -2.17. The minimum Gasteiger partial charge on any atom is -0.497 e. The van der Waals surface area contributed by atoms with Gasteiger partial charge in [-0.25, -0.2) is 0 Å². The van der Waals surface area contributed by atoms with Crippen LogP contribution in [0.5, 0.6) is 5.75 Å². The number of ether oxygens (including phenoxy) is 1. The van der Waals surface area contributed by atoms with E-state index < -0.39 is 0 Å². The van der Waals surface area contributed by atoms with Crippen LogP contribution in [-0.4, -0.2) is 24.8 Å². The van der Waals surface area contributed by atoms with Crippen molar-refractivity contribution in [2.45, 2.75) is 19.9 Å². The molecule has 0 atom stereocenters. The third kappa shape index (κ3) is 2.96. The molecule has 2 aromatic carbocycles. The van der Waals surface area contributed by atoms with Crippen molar-refractivity contribution in [1.82, 2.24) is 9.88 Å². The summed E-state index contributed by atoms with van der Waals surface area (Å²) < 4.78 is 7.84. The van der Waals surface area contributed by atoms with Crippen LogP contribution >= 0.6 is 0 Å². The van der Waals surface area contributed by atoms with E-state index in [1.807, 2.05) is 13.0 Å². The second-order valence-electron chi connectivity index (χ2n) is 6.51. The summed E-state index contributed by atoms with van der Waals surface area (Å²) in [5, 5.41) is 4.80. The Morgan fingerprint density at radius 2 is 2.00 bits per heavy atom. The van der Waals surface area contributed by atoms with Crippen molar-refractivity contribution in [3.8, 4) is 16.9 Å². The lowest BCUT2D eigenvalue weighted by atomic mass is 9.98. The van der Waals surface area contributed by atoms with E-state index >= 15 is 0 Å². The summed E-state index contributed by atoms with van der Waals surface area (Å²) in [4.78, 5) is 0. The first-order valence-electron chi connectivity index (χ1n) is 8.94. The zero-order valence-corrected chi connectivity index (χ0v) is 14.9. The van der Waals surface area contributed by atoms with Gasteiger partial charge in [-0.1, -0.05) is 24.3 Å². The van der Waals surface area contributed by atoms with Gasteiger partial charge in [0.15, 0.2) is 0 Å². The lowest BCUT2D eigenvalue weighted by molar-refractivity contribution is 0.415. The summed E-state index contributed by atoms with van der Waals surface area (Å²) in [5.74, 6) is 0.890. The summed E-state index contributed by atoms with van der Waals surface area (Å²) in [7, 11) is 1.71. The number of hydrogen-bond donors (Lipinski definition) is 1. The molecule has 3 aromatic rings. The Morgan fingerprint density at radius 1 is 1.08 bits per heavy atom. The fourth-order valence-electron chi connectivity index (χ4n) is 3.75. The highest BCUT2D eigenvalue weighted by Crippen LogP contribution is 2.32. The SMILES string of the molecule is CC=Cc1cc(OC)ccc1-c1ccc2c(c1)cc1n2CCNCC1. The lowest BCUT2D eigenvalue weighted by Gasteiger charge is -2.10. The predicted molar refractivity (Wildman–Crippen MR) is 105 cm³/mol. The molecule has 0 radical (unpaired) electrons. The summed E-state index contributed by atoms with van der Waals surface area (Å²) in [5.41, 5.74) is 6.45. The van der Waals surface area contributed by atoms with Crippen molar-refractivity contribution in [2.75, 3.05) is 20.2 Å². The van der Waals surface area contributed by atoms with Crippen molar-refractivity contribution in [1.29, 1.82) is 0 Å².